The minimum atomic E-state index is 0.698. The molecule has 0 radical (unpaired) electrons. The summed E-state index contributed by atoms with van der Waals surface area (Å²) in [6.45, 7) is 7.24. The topological polar surface area (TPSA) is 9.23 Å². The first-order valence-electron chi connectivity index (χ1n) is 10.3. The number of benzene rings is 2. The summed E-state index contributed by atoms with van der Waals surface area (Å²) in [4.78, 5) is 0. The summed E-state index contributed by atoms with van der Waals surface area (Å²) in [7, 11) is 0. The van der Waals surface area contributed by atoms with Crippen LogP contribution in [-0.4, -0.2) is 6.61 Å². The molecular weight excluding hydrogens is 328 g/mol. The molecule has 2 aromatic rings. The third-order valence-electron chi connectivity index (χ3n) is 5.68. The van der Waals surface area contributed by atoms with E-state index >= 15 is 0 Å². The van der Waals surface area contributed by atoms with E-state index in [1.54, 1.807) is 0 Å². The molecule has 1 aliphatic carbocycles. The van der Waals surface area contributed by atoms with Gasteiger partial charge >= 0.3 is 0 Å². The lowest BCUT2D eigenvalue weighted by atomic mass is 9.76. The maximum atomic E-state index is 5.66. The van der Waals surface area contributed by atoms with Crippen LogP contribution in [-0.2, 0) is 11.3 Å². The lowest BCUT2D eigenvalue weighted by molar-refractivity contribution is 0.125. The molecule has 27 heavy (non-hydrogen) atoms. The largest absolute Gasteiger partial charge is 0.376 e. The molecule has 0 atom stereocenters. The van der Waals surface area contributed by atoms with Gasteiger partial charge in [0.2, 0.25) is 0 Å². The van der Waals surface area contributed by atoms with Gasteiger partial charge in [0.25, 0.3) is 0 Å². The number of allylic oxidation sites excluding steroid dienone is 1. The second kappa shape index (κ2) is 10.3. The molecule has 1 fully saturated rings. The van der Waals surface area contributed by atoms with Crippen molar-refractivity contribution in [3.8, 4) is 0 Å². The molecule has 3 rings (SSSR count). The molecular formula is C26H32O. The summed E-state index contributed by atoms with van der Waals surface area (Å²) >= 11 is 0. The van der Waals surface area contributed by atoms with E-state index in [1.165, 1.54) is 47.9 Å². The minimum absolute atomic E-state index is 0.698. The van der Waals surface area contributed by atoms with Crippen LogP contribution >= 0.6 is 0 Å². The van der Waals surface area contributed by atoms with Gasteiger partial charge in [-0.2, -0.15) is 0 Å². The fourth-order valence-corrected chi connectivity index (χ4v) is 4.07. The smallest absolute Gasteiger partial charge is 0.0717 e. The molecule has 0 heterocycles. The average molecular weight is 361 g/mol. The zero-order valence-electron chi connectivity index (χ0n) is 16.6. The van der Waals surface area contributed by atoms with Crippen LogP contribution in [0.1, 0.15) is 73.1 Å². The van der Waals surface area contributed by atoms with Crippen molar-refractivity contribution in [1.82, 2.24) is 0 Å². The van der Waals surface area contributed by atoms with Crippen molar-refractivity contribution in [1.29, 1.82) is 0 Å². The monoisotopic (exact) mass is 360 g/mol. The highest BCUT2D eigenvalue weighted by molar-refractivity contribution is 5.49. The predicted molar refractivity (Wildman–Crippen MR) is 116 cm³/mol. The van der Waals surface area contributed by atoms with Crippen molar-refractivity contribution >= 4 is 6.08 Å². The third-order valence-corrected chi connectivity index (χ3v) is 5.68. The quantitative estimate of drug-likeness (QED) is 0.356. The summed E-state index contributed by atoms with van der Waals surface area (Å²) in [6.07, 6.45) is 12.2. The van der Waals surface area contributed by atoms with E-state index in [-0.39, 0.29) is 0 Å². The molecule has 0 unspecified atom stereocenters. The zero-order valence-corrected chi connectivity index (χ0v) is 16.6. The molecule has 1 heteroatoms. The molecule has 0 aromatic heterocycles. The van der Waals surface area contributed by atoms with E-state index in [0.29, 0.717) is 12.5 Å². The van der Waals surface area contributed by atoms with Gasteiger partial charge in [-0.05, 0) is 73.1 Å². The minimum Gasteiger partial charge on any atom is -0.376 e. The maximum Gasteiger partial charge on any atom is 0.0717 e. The Morgan fingerprint density at radius 2 is 1.44 bits per heavy atom. The Morgan fingerprint density at radius 3 is 1.96 bits per heavy atom. The van der Waals surface area contributed by atoms with Crippen LogP contribution in [0.4, 0.5) is 0 Å². The van der Waals surface area contributed by atoms with Crippen LogP contribution in [0.3, 0.4) is 0 Å². The van der Waals surface area contributed by atoms with Crippen molar-refractivity contribution < 1.29 is 4.74 Å². The summed E-state index contributed by atoms with van der Waals surface area (Å²) in [5.41, 5.74) is 5.56. The Balaban J connectivity index is 1.50. The van der Waals surface area contributed by atoms with Gasteiger partial charge in [-0.1, -0.05) is 66.8 Å². The number of hydrogen-bond acceptors (Lipinski definition) is 1. The van der Waals surface area contributed by atoms with Crippen LogP contribution in [0.5, 0.6) is 0 Å². The molecule has 0 amide bonds. The van der Waals surface area contributed by atoms with Crippen LogP contribution in [0.2, 0.25) is 0 Å². The second-order valence-corrected chi connectivity index (χ2v) is 7.59. The summed E-state index contributed by atoms with van der Waals surface area (Å²) in [5.74, 6) is 1.43. The van der Waals surface area contributed by atoms with E-state index in [2.05, 4.69) is 74.2 Å². The fraction of sp³-hybridized carbons (Fsp3) is 0.385. The van der Waals surface area contributed by atoms with Crippen LogP contribution in [0.25, 0.3) is 6.08 Å². The van der Waals surface area contributed by atoms with Gasteiger partial charge in [0.15, 0.2) is 0 Å². The number of rotatable bonds is 8. The predicted octanol–water partition coefficient (Wildman–Crippen LogP) is 7.25. The SMILES string of the molecule is C=CCCOCc1ccc([C@H]2CC[C@H](c3ccc(/C=C\C)cc3)CC2)cc1. The second-order valence-electron chi connectivity index (χ2n) is 7.59. The summed E-state index contributed by atoms with van der Waals surface area (Å²) < 4.78 is 5.66. The van der Waals surface area contributed by atoms with Gasteiger partial charge in [-0.3, -0.25) is 0 Å². The van der Waals surface area contributed by atoms with Gasteiger partial charge in [0.05, 0.1) is 13.2 Å². The molecule has 2 aromatic carbocycles. The van der Waals surface area contributed by atoms with Crippen molar-refractivity contribution in [3.05, 3.63) is 89.5 Å². The lowest BCUT2D eigenvalue weighted by Crippen LogP contribution is -2.12. The summed E-state index contributed by atoms with van der Waals surface area (Å²) in [5, 5.41) is 0. The highest BCUT2D eigenvalue weighted by atomic mass is 16.5. The van der Waals surface area contributed by atoms with Gasteiger partial charge in [0.1, 0.15) is 0 Å². The zero-order chi connectivity index (χ0) is 18.9. The van der Waals surface area contributed by atoms with Crippen molar-refractivity contribution in [2.75, 3.05) is 6.61 Å². The Hall–Kier alpha value is -2.12. The van der Waals surface area contributed by atoms with Crippen molar-refractivity contribution in [3.63, 3.8) is 0 Å². The third kappa shape index (κ3) is 5.68. The highest BCUT2D eigenvalue weighted by Crippen LogP contribution is 2.40. The molecule has 142 valence electrons. The molecule has 0 aliphatic heterocycles. The molecule has 0 N–H and O–H groups in total. The van der Waals surface area contributed by atoms with E-state index in [1.807, 2.05) is 6.08 Å². The number of hydrogen-bond donors (Lipinski definition) is 0. The van der Waals surface area contributed by atoms with Gasteiger partial charge in [-0.15, -0.1) is 6.58 Å². The first kappa shape index (κ1) is 19.6. The van der Waals surface area contributed by atoms with E-state index < -0.39 is 0 Å². The highest BCUT2D eigenvalue weighted by Gasteiger charge is 2.23. The number of ether oxygens (including phenoxy) is 1. The maximum absolute atomic E-state index is 5.66. The molecule has 0 bridgehead atoms. The molecule has 1 nitrogen and oxygen atoms in total. The van der Waals surface area contributed by atoms with E-state index in [4.69, 9.17) is 4.74 Å². The van der Waals surface area contributed by atoms with E-state index in [0.717, 1.165) is 18.9 Å². The molecule has 1 saturated carbocycles. The van der Waals surface area contributed by atoms with Crippen LogP contribution in [0.15, 0.2) is 67.3 Å². The summed E-state index contributed by atoms with van der Waals surface area (Å²) in [6, 6.07) is 18.2. The van der Waals surface area contributed by atoms with Crippen LogP contribution < -0.4 is 0 Å². The lowest BCUT2D eigenvalue weighted by Gasteiger charge is -2.29. The van der Waals surface area contributed by atoms with Gasteiger partial charge in [-0.25, -0.2) is 0 Å². The van der Waals surface area contributed by atoms with Gasteiger partial charge < -0.3 is 4.74 Å². The Kier molecular flexibility index (Phi) is 7.47. The standard InChI is InChI=1S/C26H32O/c1-3-5-19-27-20-22-9-13-24(14-10-22)26-17-15-25(16-18-26)23-11-7-21(6-4-2)8-12-23/h3-4,6-14,25-26H,1,5,15-20H2,2H3/b6-4-/t25-,26-. The Morgan fingerprint density at radius 1 is 0.889 bits per heavy atom. The average Bonchev–Trinajstić information content (AvgIpc) is 2.73. The Bertz CT molecular complexity index is 716. The van der Waals surface area contributed by atoms with E-state index in [9.17, 15) is 0 Å². The normalized spacial score (nSPS) is 20.0. The van der Waals surface area contributed by atoms with Crippen molar-refractivity contribution in [2.45, 2.75) is 57.5 Å². The van der Waals surface area contributed by atoms with Crippen LogP contribution in [0, 0.1) is 0 Å². The molecule has 0 spiro atoms. The Labute approximate surface area is 164 Å². The van der Waals surface area contributed by atoms with Crippen molar-refractivity contribution in [2.24, 2.45) is 0 Å². The van der Waals surface area contributed by atoms with Gasteiger partial charge in [0, 0.05) is 0 Å². The molecule has 1 aliphatic rings. The molecule has 0 saturated heterocycles. The first-order chi connectivity index (χ1) is 13.3. The first-order valence-corrected chi connectivity index (χ1v) is 10.3. The fourth-order valence-electron chi connectivity index (χ4n) is 4.07.